The van der Waals surface area contributed by atoms with Crippen LogP contribution in [0.2, 0.25) is 0 Å². The maximum absolute atomic E-state index is 12.1. The van der Waals surface area contributed by atoms with Gasteiger partial charge in [0, 0.05) is 25.0 Å². The van der Waals surface area contributed by atoms with Crippen LogP contribution in [0, 0.1) is 11.3 Å². The molecule has 1 saturated carbocycles. The van der Waals surface area contributed by atoms with Gasteiger partial charge in [0.1, 0.15) is 0 Å². The Balaban J connectivity index is 1.77. The van der Waals surface area contributed by atoms with E-state index in [-0.39, 0.29) is 23.3 Å². The minimum absolute atomic E-state index is 0.167. The fourth-order valence-electron chi connectivity index (χ4n) is 2.91. The molecule has 4 nitrogen and oxygen atoms in total. The smallest absolute Gasteiger partial charge is 0.223 e. The average Bonchev–Trinajstić information content (AvgIpc) is 2.67. The molecule has 2 atom stereocenters. The van der Waals surface area contributed by atoms with E-state index in [9.17, 15) is 4.79 Å². The summed E-state index contributed by atoms with van der Waals surface area (Å²) < 4.78 is 5.37. The van der Waals surface area contributed by atoms with Gasteiger partial charge in [-0.1, -0.05) is 20.3 Å². The van der Waals surface area contributed by atoms with Gasteiger partial charge >= 0.3 is 0 Å². The van der Waals surface area contributed by atoms with Gasteiger partial charge in [-0.05, 0) is 18.3 Å². The van der Waals surface area contributed by atoms with Crippen molar-refractivity contribution in [2.45, 2.75) is 39.2 Å². The monoisotopic (exact) mass is 240 g/mol. The van der Waals surface area contributed by atoms with Crippen LogP contribution in [-0.2, 0) is 9.53 Å². The highest BCUT2D eigenvalue weighted by Gasteiger charge is 2.39. The van der Waals surface area contributed by atoms with E-state index in [2.05, 4.69) is 24.5 Å². The largest absolute Gasteiger partial charge is 0.378 e. The molecule has 1 amide bonds. The third-order valence-electron chi connectivity index (χ3n) is 4.09. The molecule has 2 unspecified atom stereocenters. The summed E-state index contributed by atoms with van der Waals surface area (Å²) >= 11 is 0. The van der Waals surface area contributed by atoms with Crippen molar-refractivity contribution >= 4 is 5.91 Å². The maximum Gasteiger partial charge on any atom is 0.223 e. The molecule has 0 aromatic carbocycles. The molecule has 1 heterocycles. The number of nitrogens with one attached hydrogen (secondary N) is 2. The Morgan fingerprint density at radius 1 is 1.53 bits per heavy atom. The van der Waals surface area contributed by atoms with E-state index >= 15 is 0 Å². The highest BCUT2D eigenvalue weighted by atomic mass is 16.5. The van der Waals surface area contributed by atoms with Crippen LogP contribution in [0.25, 0.3) is 0 Å². The second kappa shape index (κ2) is 5.36. The summed E-state index contributed by atoms with van der Waals surface area (Å²) in [5, 5.41) is 6.41. The topological polar surface area (TPSA) is 50.4 Å². The van der Waals surface area contributed by atoms with Gasteiger partial charge in [-0.15, -0.1) is 0 Å². The second-order valence-corrected chi connectivity index (χ2v) is 5.90. The number of rotatable bonds is 3. The molecule has 2 N–H and O–H groups in total. The molecule has 4 heteroatoms. The molecule has 0 aromatic rings. The predicted molar refractivity (Wildman–Crippen MR) is 66.7 cm³/mol. The summed E-state index contributed by atoms with van der Waals surface area (Å²) in [5.41, 5.74) is 0.167. The van der Waals surface area contributed by atoms with Crippen molar-refractivity contribution in [3.05, 3.63) is 0 Å². The molecule has 17 heavy (non-hydrogen) atoms. The second-order valence-electron chi connectivity index (χ2n) is 5.90. The fourth-order valence-corrected chi connectivity index (χ4v) is 2.91. The van der Waals surface area contributed by atoms with Crippen LogP contribution in [0.15, 0.2) is 0 Å². The van der Waals surface area contributed by atoms with Crippen molar-refractivity contribution in [3.63, 3.8) is 0 Å². The molecule has 2 aliphatic rings. The van der Waals surface area contributed by atoms with Gasteiger partial charge in [-0.25, -0.2) is 0 Å². The van der Waals surface area contributed by atoms with E-state index < -0.39 is 0 Å². The van der Waals surface area contributed by atoms with Gasteiger partial charge in [-0.3, -0.25) is 4.79 Å². The lowest BCUT2D eigenvalue weighted by Gasteiger charge is -2.28. The van der Waals surface area contributed by atoms with Crippen molar-refractivity contribution in [3.8, 4) is 0 Å². The van der Waals surface area contributed by atoms with Crippen LogP contribution < -0.4 is 10.6 Å². The Morgan fingerprint density at radius 2 is 2.35 bits per heavy atom. The highest BCUT2D eigenvalue weighted by molar-refractivity contribution is 5.79. The van der Waals surface area contributed by atoms with Crippen LogP contribution >= 0.6 is 0 Å². The van der Waals surface area contributed by atoms with Gasteiger partial charge in [0.05, 0.1) is 13.2 Å². The van der Waals surface area contributed by atoms with Crippen molar-refractivity contribution in [1.82, 2.24) is 10.6 Å². The van der Waals surface area contributed by atoms with Gasteiger partial charge in [-0.2, -0.15) is 0 Å². The summed E-state index contributed by atoms with van der Waals surface area (Å²) in [7, 11) is 0. The zero-order valence-electron chi connectivity index (χ0n) is 10.9. The Bertz CT molecular complexity index is 273. The zero-order valence-corrected chi connectivity index (χ0v) is 10.9. The van der Waals surface area contributed by atoms with Crippen LogP contribution in [-0.4, -0.2) is 38.3 Å². The van der Waals surface area contributed by atoms with Gasteiger partial charge in [0.25, 0.3) is 0 Å². The summed E-state index contributed by atoms with van der Waals surface area (Å²) in [6.07, 6.45) is 3.37. The number of ether oxygens (including phenoxy) is 1. The molecular formula is C13H24N2O2. The number of hydrogen-bond donors (Lipinski definition) is 2. The first-order chi connectivity index (χ1) is 8.09. The summed E-state index contributed by atoms with van der Waals surface area (Å²) in [5.74, 6) is 0.409. The van der Waals surface area contributed by atoms with Gasteiger partial charge in [0.15, 0.2) is 0 Å². The van der Waals surface area contributed by atoms with E-state index in [1.807, 2.05) is 0 Å². The molecule has 2 fully saturated rings. The lowest BCUT2D eigenvalue weighted by atomic mass is 9.81. The number of carbonyl (C=O) groups excluding carboxylic acids is 1. The zero-order chi connectivity index (χ0) is 12.3. The molecule has 2 rings (SSSR count). The quantitative estimate of drug-likeness (QED) is 0.771. The molecule has 1 aliphatic carbocycles. The van der Waals surface area contributed by atoms with Crippen LogP contribution in [0.4, 0.5) is 0 Å². The summed E-state index contributed by atoms with van der Waals surface area (Å²) in [6, 6.07) is 0.275. The minimum Gasteiger partial charge on any atom is -0.378 e. The third-order valence-corrected chi connectivity index (χ3v) is 4.09. The standard InChI is InChI=1S/C13H24N2O2/c1-13(2)5-3-4-11(13)12(16)15-8-10-9-17-7-6-14-10/h10-11,14H,3-9H2,1-2H3,(H,15,16). The number of morpholine rings is 1. The number of hydrogen-bond acceptors (Lipinski definition) is 3. The molecule has 0 spiro atoms. The van der Waals surface area contributed by atoms with Crippen molar-refractivity contribution in [2.75, 3.05) is 26.3 Å². The van der Waals surface area contributed by atoms with Crippen molar-refractivity contribution in [2.24, 2.45) is 11.3 Å². The molecule has 0 radical (unpaired) electrons. The Kier molecular flexibility index (Phi) is 4.05. The normalized spacial score (nSPS) is 32.4. The Labute approximate surface area is 103 Å². The number of carbonyl (C=O) groups is 1. The summed E-state index contributed by atoms with van der Waals surface area (Å²) in [4.78, 5) is 12.1. The number of amides is 1. The first-order valence-electron chi connectivity index (χ1n) is 6.68. The molecular weight excluding hydrogens is 216 g/mol. The highest BCUT2D eigenvalue weighted by Crippen LogP contribution is 2.42. The molecule has 0 aromatic heterocycles. The molecule has 98 valence electrons. The van der Waals surface area contributed by atoms with Crippen LogP contribution in [0.3, 0.4) is 0 Å². The molecule has 1 aliphatic heterocycles. The van der Waals surface area contributed by atoms with E-state index in [4.69, 9.17) is 4.74 Å². The van der Waals surface area contributed by atoms with Crippen LogP contribution in [0.1, 0.15) is 33.1 Å². The Morgan fingerprint density at radius 3 is 2.94 bits per heavy atom. The van der Waals surface area contributed by atoms with Crippen LogP contribution in [0.5, 0.6) is 0 Å². The predicted octanol–water partition coefficient (Wildman–Crippen LogP) is 0.917. The third kappa shape index (κ3) is 3.19. The molecule has 0 bridgehead atoms. The maximum atomic E-state index is 12.1. The fraction of sp³-hybridized carbons (Fsp3) is 0.923. The first-order valence-corrected chi connectivity index (χ1v) is 6.68. The van der Waals surface area contributed by atoms with E-state index in [0.717, 1.165) is 26.0 Å². The lowest BCUT2D eigenvalue weighted by Crippen LogP contribution is -2.49. The van der Waals surface area contributed by atoms with E-state index in [1.165, 1.54) is 6.42 Å². The Hall–Kier alpha value is -0.610. The van der Waals surface area contributed by atoms with Gasteiger partial charge < -0.3 is 15.4 Å². The van der Waals surface area contributed by atoms with E-state index in [0.29, 0.717) is 13.2 Å². The van der Waals surface area contributed by atoms with E-state index in [1.54, 1.807) is 0 Å². The first kappa shape index (κ1) is 12.8. The lowest BCUT2D eigenvalue weighted by molar-refractivity contribution is -0.127. The minimum atomic E-state index is 0.167. The SMILES string of the molecule is CC1(C)CCCC1C(=O)NCC1COCCN1. The van der Waals surface area contributed by atoms with Gasteiger partial charge in [0.2, 0.25) is 5.91 Å². The van der Waals surface area contributed by atoms with Crippen molar-refractivity contribution in [1.29, 1.82) is 0 Å². The average molecular weight is 240 g/mol. The van der Waals surface area contributed by atoms with Crippen molar-refractivity contribution < 1.29 is 9.53 Å². The summed E-state index contributed by atoms with van der Waals surface area (Å²) in [6.45, 7) is 7.45. The molecule has 1 saturated heterocycles.